The molecule has 0 radical (unpaired) electrons. The van der Waals surface area contributed by atoms with Gasteiger partial charge in [-0.25, -0.2) is 4.39 Å². The minimum atomic E-state index is -0.152. The molecule has 1 aliphatic rings. The van der Waals surface area contributed by atoms with Gasteiger partial charge in [0, 0.05) is 24.3 Å². The van der Waals surface area contributed by atoms with Crippen molar-refractivity contribution in [3.63, 3.8) is 0 Å². The molecule has 20 heavy (non-hydrogen) atoms. The molecular weight excluding hydrogens is 251 g/mol. The van der Waals surface area contributed by atoms with E-state index in [9.17, 15) is 4.39 Å². The zero-order valence-corrected chi connectivity index (χ0v) is 12.8. The summed E-state index contributed by atoms with van der Waals surface area (Å²) in [5.41, 5.74) is 8.31. The average Bonchev–Trinajstić information content (AvgIpc) is 2.87. The maximum absolute atomic E-state index is 13.5. The van der Waals surface area contributed by atoms with Gasteiger partial charge in [0.2, 0.25) is 0 Å². The molecule has 1 aromatic carbocycles. The number of anilines is 1. The minimum absolute atomic E-state index is 0.0488. The molecule has 1 aliphatic heterocycles. The summed E-state index contributed by atoms with van der Waals surface area (Å²) < 4.78 is 13.5. The lowest BCUT2D eigenvalue weighted by Gasteiger charge is -2.40. The van der Waals surface area contributed by atoms with Crippen molar-refractivity contribution in [1.29, 1.82) is 0 Å². The Hall–Kier alpha value is -1.09. The van der Waals surface area contributed by atoms with E-state index in [0.29, 0.717) is 6.54 Å². The normalized spacial score (nSPS) is 17.1. The van der Waals surface area contributed by atoms with Gasteiger partial charge in [-0.2, -0.15) is 0 Å². The Balaban J connectivity index is 2.11. The van der Waals surface area contributed by atoms with Gasteiger partial charge in [0.1, 0.15) is 5.82 Å². The van der Waals surface area contributed by atoms with Gasteiger partial charge in [0.25, 0.3) is 0 Å². The van der Waals surface area contributed by atoms with Crippen molar-refractivity contribution in [2.75, 3.05) is 18.0 Å². The fourth-order valence-electron chi connectivity index (χ4n) is 3.19. The predicted molar refractivity (Wildman–Crippen MR) is 83.7 cm³/mol. The fraction of sp³-hybridized carbons (Fsp3) is 0.647. The number of halogens is 1. The van der Waals surface area contributed by atoms with Gasteiger partial charge in [0.15, 0.2) is 0 Å². The lowest BCUT2D eigenvalue weighted by atomic mass is 9.92. The van der Waals surface area contributed by atoms with Crippen LogP contribution < -0.4 is 10.6 Å². The number of rotatable bonds is 7. The van der Waals surface area contributed by atoms with E-state index in [1.165, 1.54) is 31.2 Å². The van der Waals surface area contributed by atoms with Gasteiger partial charge in [-0.1, -0.05) is 38.7 Å². The Morgan fingerprint density at radius 1 is 1.30 bits per heavy atom. The van der Waals surface area contributed by atoms with Crippen molar-refractivity contribution in [3.8, 4) is 0 Å². The monoisotopic (exact) mass is 278 g/mol. The van der Waals surface area contributed by atoms with Gasteiger partial charge in [0.05, 0.1) is 0 Å². The molecule has 1 aromatic rings. The first-order valence-corrected chi connectivity index (χ1v) is 7.87. The molecule has 0 aliphatic carbocycles. The molecule has 0 bridgehead atoms. The van der Waals surface area contributed by atoms with Gasteiger partial charge in [-0.15, -0.1) is 0 Å². The van der Waals surface area contributed by atoms with Crippen LogP contribution in [0, 0.1) is 5.82 Å². The van der Waals surface area contributed by atoms with Crippen molar-refractivity contribution in [3.05, 3.63) is 29.6 Å². The Labute approximate surface area is 122 Å². The number of nitrogens with two attached hydrogens (primary N) is 1. The van der Waals surface area contributed by atoms with E-state index < -0.39 is 0 Å². The summed E-state index contributed by atoms with van der Waals surface area (Å²) in [5, 5.41) is 0. The Kier molecular flexibility index (Phi) is 5.03. The van der Waals surface area contributed by atoms with Gasteiger partial charge < -0.3 is 10.6 Å². The number of unbranched alkanes of at least 4 members (excludes halogenated alkanes) is 3. The first kappa shape index (κ1) is 15.3. The zero-order valence-electron chi connectivity index (χ0n) is 12.8. The highest BCUT2D eigenvalue weighted by molar-refractivity contribution is 5.60. The lowest BCUT2D eigenvalue weighted by molar-refractivity contribution is 0.388. The summed E-state index contributed by atoms with van der Waals surface area (Å²) in [6, 6.07) is 5.14. The molecule has 0 spiro atoms. The summed E-state index contributed by atoms with van der Waals surface area (Å²) >= 11 is 0. The molecular formula is C17H27FN2. The third-order valence-corrected chi connectivity index (χ3v) is 4.60. The van der Waals surface area contributed by atoms with Crippen LogP contribution in [0.2, 0.25) is 0 Å². The van der Waals surface area contributed by atoms with Crippen molar-refractivity contribution >= 4 is 5.69 Å². The van der Waals surface area contributed by atoms with Crippen LogP contribution in [-0.4, -0.2) is 18.6 Å². The van der Waals surface area contributed by atoms with Crippen LogP contribution in [0.1, 0.15) is 51.5 Å². The molecule has 0 saturated heterocycles. The molecule has 0 saturated carbocycles. The minimum Gasteiger partial charge on any atom is -0.364 e. The van der Waals surface area contributed by atoms with Crippen LogP contribution in [0.15, 0.2) is 18.2 Å². The largest absolute Gasteiger partial charge is 0.364 e. The highest BCUT2D eigenvalue weighted by Crippen LogP contribution is 2.36. The molecule has 0 fully saturated rings. The number of nitrogens with zero attached hydrogens (tertiary/aromatic N) is 1. The highest BCUT2D eigenvalue weighted by Gasteiger charge is 2.34. The zero-order chi connectivity index (χ0) is 14.6. The number of fused-ring (bicyclic) bond motifs is 1. The second kappa shape index (κ2) is 6.57. The maximum atomic E-state index is 13.5. The average molecular weight is 278 g/mol. The molecule has 1 atom stereocenters. The molecule has 0 amide bonds. The van der Waals surface area contributed by atoms with E-state index in [-0.39, 0.29) is 11.4 Å². The van der Waals surface area contributed by atoms with E-state index in [4.69, 9.17) is 5.73 Å². The van der Waals surface area contributed by atoms with E-state index in [2.05, 4.69) is 18.7 Å². The lowest BCUT2D eigenvalue weighted by Crippen LogP contribution is -2.51. The van der Waals surface area contributed by atoms with Crippen molar-refractivity contribution in [2.24, 2.45) is 5.73 Å². The van der Waals surface area contributed by atoms with Crippen LogP contribution in [0.3, 0.4) is 0 Å². The summed E-state index contributed by atoms with van der Waals surface area (Å²) in [7, 11) is 0. The number of benzene rings is 1. The van der Waals surface area contributed by atoms with E-state index >= 15 is 0 Å². The van der Waals surface area contributed by atoms with Crippen molar-refractivity contribution in [1.82, 2.24) is 0 Å². The third kappa shape index (κ3) is 3.14. The predicted octanol–water partition coefficient (Wildman–Crippen LogP) is 3.88. The second-order valence-corrected chi connectivity index (χ2v) is 6.19. The Bertz CT molecular complexity index is 447. The van der Waals surface area contributed by atoms with Crippen LogP contribution in [0.25, 0.3) is 0 Å². The molecule has 2 rings (SSSR count). The smallest absolute Gasteiger partial charge is 0.125 e. The molecule has 2 nitrogen and oxygen atoms in total. The first-order chi connectivity index (χ1) is 9.60. The second-order valence-electron chi connectivity index (χ2n) is 6.19. The van der Waals surface area contributed by atoms with Crippen LogP contribution in [0.5, 0.6) is 0 Å². The summed E-state index contributed by atoms with van der Waals surface area (Å²) in [6.07, 6.45) is 7.07. The van der Waals surface area contributed by atoms with E-state index in [1.807, 2.05) is 6.07 Å². The summed E-state index contributed by atoms with van der Waals surface area (Å²) in [6.45, 7) is 6.02. The maximum Gasteiger partial charge on any atom is 0.125 e. The van der Waals surface area contributed by atoms with E-state index in [1.54, 1.807) is 12.1 Å². The Morgan fingerprint density at radius 2 is 2.10 bits per heavy atom. The standard InChI is InChI=1S/C17H27FN2/c1-3-4-5-6-10-17(2,13-19)20-11-9-14-7-8-15(18)12-16(14)20/h7-8,12H,3-6,9-11,13,19H2,1-2H3. The molecule has 112 valence electrons. The van der Waals surface area contributed by atoms with E-state index in [0.717, 1.165) is 25.1 Å². The Morgan fingerprint density at radius 3 is 2.80 bits per heavy atom. The first-order valence-electron chi connectivity index (χ1n) is 7.87. The van der Waals surface area contributed by atoms with Gasteiger partial charge in [-0.05, 0) is 37.5 Å². The highest BCUT2D eigenvalue weighted by atomic mass is 19.1. The van der Waals surface area contributed by atoms with Crippen LogP contribution >= 0.6 is 0 Å². The van der Waals surface area contributed by atoms with Crippen molar-refractivity contribution in [2.45, 2.75) is 57.9 Å². The topological polar surface area (TPSA) is 29.3 Å². The number of hydrogen-bond donors (Lipinski definition) is 1. The fourth-order valence-corrected chi connectivity index (χ4v) is 3.19. The SMILES string of the molecule is CCCCCCC(C)(CN)N1CCc2ccc(F)cc21. The number of hydrogen-bond acceptors (Lipinski definition) is 2. The molecule has 2 N–H and O–H groups in total. The molecule has 0 aromatic heterocycles. The van der Waals surface area contributed by atoms with Crippen LogP contribution in [0.4, 0.5) is 10.1 Å². The quantitative estimate of drug-likeness (QED) is 0.767. The van der Waals surface area contributed by atoms with Gasteiger partial charge >= 0.3 is 0 Å². The summed E-state index contributed by atoms with van der Waals surface area (Å²) in [5.74, 6) is -0.152. The molecule has 1 unspecified atom stereocenters. The van der Waals surface area contributed by atoms with Crippen molar-refractivity contribution < 1.29 is 4.39 Å². The molecule has 3 heteroatoms. The van der Waals surface area contributed by atoms with Crippen LogP contribution in [-0.2, 0) is 6.42 Å². The third-order valence-electron chi connectivity index (χ3n) is 4.60. The molecule has 1 heterocycles. The van der Waals surface area contributed by atoms with Gasteiger partial charge in [-0.3, -0.25) is 0 Å². The summed E-state index contributed by atoms with van der Waals surface area (Å²) in [4.78, 5) is 2.33.